The van der Waals surface area contributed by atoms with Crippen LogP contribution < -0.4 is 15.0 Å². The summed E-state index contributed by atoms with van der Waals surface area (Å²) in [6.07, 6.45) is -4.96. The molecule has 0 fully saturated rings. The molecule has 0 bridgehead atoms. The van der Waals surface area contributed by atoms with E-state index >= 15 is 0 Å². The van der Waals surface area contributed by atoms with Crippen molar-refractivity contribution in [3.05, 3.63) is 62.5 Å². The number of pyridine rings is 1. The number of aromatic nitrogens is 3. The Balaban J connectivity index is 2.12. The second kappa shape index (κ2) is 7.69. The van der Waals surface area contributed by atoms with E-state index in [2.05, 4.69) is 15.0 Å². The van der Waals surface area contributed by atoms with E-state index in [1.807, 2.05) is 0 Å². The van der Waals surface area contributed by atoms with Crippen molar-refractivity contribution in [3.63, 3.8) is 0 Å². The lowest BCUT2D eigenvalue weighted by Gasteiger charge is -2.13. The highest BCUT2D eigenvalue weighted by molar-refractivity contribution is 6.42. The highest BCUT2D eigenvalue weighted by Crippen LogP contribution is 2.36. The molecule has 2 heterocycles. The van der Waals surface area contributed by atoms with Gasteiger partial charge in [-0.1, -0.05) is 29.3 Å². The van der Waals surface area contributed by atoms with Crippen LogP contribution in [0, 0.1) is 0 Å². The molecule has 0 aliphatic carbocycles. The fourth-order valence-electron chi connectivity index (χ4n) is 2.19. The number of hydrogen-bond donors (Lipinski definition) is 1. The first-order chi connectivity index (χ1) is 13.2. The average molecular weight is 432 g/mol. The van der Waals surface area contributed by atoms with Gasteiger partial charge in [-0.05, 0) is 18.2 Å². The van der Waals surface area contributed by atoms with Crippen LogP contribution in [0.5, 0.6) is 17.4 Å². The molecule has 0 saturated heterocycles. The third-order valence-electron chi connectivity index (χ3n) is 3.43. The lowest BCUT2D eigenvalue weighted by molar-refractivity contribution is -0.142. The number of benzene rings is 1. The minimum Gasteiger partial charge on any atom is -0.481 e. The van der Waals surface area contributed by atoms with Gasteiger partial charge < -0.3 is 14.5 Å². The summed E-state index contributed by atoms with van der Waals surface area (Å²) in [7, 11) is 1.34. The van der Waals surface area contributed by atoms with Crippen LogP contribution in [0.2, 0.25) is 10.0 Å². The minimum absolute atomic E-state index is 0.0111. The molecule has 0 radical (unpaired) electrons. The lowest BCUT2D eigenvalue weighted by Crippen LogP contribution is -2.21. The van der Waals surface area contributed by atoms with Gasteiger partial charge in [0.1, 0.15) is 11.4 Å². The number of hydrogen-bond acceptors (Lipinski definition) is 5. The molecule has 28 heavy (non-hydrogen) atoms. The SMILES string of the molecule is COc1cccc(-c2nc(C(F)(F)F)c(Oc3ccc(Cl)c(Cl)c3)c(=O)[nH]2)n1. The number of aromatic amines is 1. The van der Waals surface area contributed by atoms with Crippen molar-refractivity contribution in [1.82, 2.24) is 15.0 Å². The fraction of sp³-hybridized carbons (Fsp3) is 0.118. The molecule has 0 unspecified atom stereocenters. The first kappa shape index (κ1) is 20.0. The van der Waals surface area contributed by atoms with Crippen LogP contribution in [0.1, 0.15) is 5.69 Å². The highest BCUT2D eigenvalue weighted by atomic mass is 35.5. The number of halogens is 5. The van der Waals surface area contributed by atoms with Gasteiger partial charge in [-0.2, -0.15) is 13.2 Å². The summed E-state index contributed by atoms with van der Waals surface area (Å²) in [6.45, 7) is 0. The maximum absolute atomic E-state index is 13.5. The molecule has 2 aromatic heterocycles. The molecule has 3 rings (SSSR count). The molecule has 11 heteroatoms. The van der Waals surface area contributed by atoms with Gasteiger partial charge in [0, 0.05) is 12.1 Å². The van der Waals surface area contributed by atoms with Crippen LogP contribution in [-0.2, 0) is 6.18 Å². The molecule has 0 aliphatic rings. The lowest BCUT2D eigenvalue weighted by atomic mass is 10.3. The number of nitrogens with one attached hydrogen (secondary N) is 1. The zero-order chi connectivity index (χ0) is 20.5. The molecule has 0 aliphatic heterocycles. The van der Waals surface area contributed by atoms with Crippen LogP contribution in [0.25, 0.3) is 11.5 Å². The predicted octanol–water partition coefficient (Wildman–Crippen LogP) is 4.96. The van der Waals surface area contributed by atoms with Crippen molar-refractivity contribution in [2.45, 2.75) is 6.18 Å². The van der Waals surface area contributed by atoms with Crippen LogP contribution in [0.15, 0.2) is 41.2 Å². The van der Waals surface area contributed by atoms with E-state index in [-0.39, 0.29) is 27.4 Å². The van der Waals surface area contributed by atoms with Crippen molar-refractivity contribution in [2.75, 3.05) is 7.11 Å². The van der Waals surface area contributed by atoms with Gasteiger partial charge in [0.05, 0.1) is 17.2 Å². The van der Waals surface area contributed by atoms with Crippen LogP contribution in [0.4, 0.5) is 13.2 Å². The second-order valence-electron chi connectivity index (χ2n) is 5.33. The van der Waals surface area contributed by atoms with Gasteiger partial charge >= 0.3 is 6.18 Å². The van der Waals surface area contributed by atoms with Crippen molar-refractivity contribution < 1.29 is 22.6 Å². The number of ether oxygens (including phenoxy) is 2. The van der Waals surface area contributed by atoms with E-state index in [0.717, 1.165) is 0 Å². The Hall–Kier alpha value is -2.78. The third kappa shape index (κ3) is 4.20. The monoisotopic (exact) mass is 431 g/mol. The molecule has 0 saturated carbocycles. The van der Waals surface area contributed by atoms with E-state index in [9.17, 15) is 18.0 Å². The summed E-state index contributed by atoms with van der Waals surface area (Å²) in [6, 6.07) is 8.14. The van der Waals surface area contributed by atoms with Crippen LogP contribution in [0.3, 0.4) is 0 Å². The maximum atomic E-state index is 13.5. The molecular weight excluding hydrogens is 422 g/mol. The molecule has 0 spiro atoms. The largest absolute Gasteiger partial charge is 0.481 e. The quantitative estimate of drug-likeness (QED) is 0.631. The molecule has 0 atom stereocenters. The molecule has 6 nitrogen and oxygen atoms in total. The van der Waals surface area contributed by atoms with E-state index in [1.54, 1.807) is 0 Å². The van der Waals surface area contributed by atoms with E-state index in [1.165, 1.54) is 43.5 Å². The Labute approximate surface area is 165 Å². The average Bonchev–Trinajstić information content (AvgIpc) is 2.65. The Morgan fingerprint density at radius 1 is 1.07 bits per heavy atom. The first-order valence-electron chi connectivity index (χ1n) is 7.55. The predicted molar refractivity (Wildman–Crippen MR) is 96.2 cm³/mol. The van der Waals surface area contributed by atoms with Crippen molar-refractivity contribution in [2.24, 2.45) is 0 Å². The molecular formula is C17H10Cl2F3N3O3. The molecule has 146 valence electrons. The third-order valence-corrected chi connectivity index (χ3v) is 4.17. The smallest absolute Gasteiger partial charge is 0.437 e. The van der Waals surface area contributed by atoms with Gasteiger partial charge in [-0.3, -0.25) is 4.79 Å². The summed E-state index contributed by atoms with van der Waals surface area (Å²) >= 11 is 11.6. The summed E-state index contributed by atoms with van der Waals surface area (Å²) in [5, 5.41) is 0.228. The van der Waals surface area contributed by atoms with Gasteiger partial charge in [0.15, 0.2) is 11.5 Å². The fourth-order valence-corrected chi connectivity index (χ4v) is 2.48. The number of nitrogens with zero attached hydrogens (tertiary/aromatic N) is 2. The molecule has 3 aromatic rings. The maximum Gasteiger partial charge on any atom is 0.437 e. The van der Waals surface area contributed by atoms with Gasteiger partial charge in [0.2, 0.25) is 11.6 Å². The summed E-state index contributed by atoms with van der Waals surface area (Å²) in [5.74, 6) is -1.39. The topological polar surface area (TPSA) is 77.1 Å². The standard InChI is InChI=1S/C17H10Cl2F3N3O3/c1-27-12-4-2-3-11(23-12)15-24-14(17(20,21)22)13(16(26)25-15)28-8-5-6-9(18)10(19)7-8/h2-7H,1H3,(H,24,25,26). The zero-order valence-electron chi connectivity index (χ0n) is 14.0. The molecule has 0 amide bonds. The Bertz CT molecular complexity index is 1090. The van der Waals surface area contributed by atoms with Crippen LogP contribution >= 0.6 is 23.2 Å². The number of alkyl halides is 3. The summed E-state index contributed by atoms with van der Waals surface area (Å²) in [4.78, 5) is 22.1. The number of methoxy groups -OCH3 is 1. The van der Waals surface area contributed by atoms with Crippen molar-refractivity contribution >= 4 is 23.2 Å². The Morgan fingerprint density at radius 2 is 1.82 bits per heavy atom. The van der Waals surface area contributed by atoms with Gasteiger partial charge in [0.25, 0.3) is 5.56 Å². The Morgan fingerprint density at radius 3 is 2.46 bits per heavy atom. The normalized spacial score (nSPS) is 11.4. The minimum atomic E-state index is -4.96. The first-order valence-corrected chi connectivity index (χ1v) is 8.30. The number of rotatable bonds is 4. The van der Waals surface area contributed by atoms with Gasteiger partial charge in [-0.25, -0.2) is 9.97 Å². The summed E-state index contributed by atoms with van der Waals surface area (Å²) in [5.41, 5.74) is -2.67. The molecule has 1 N–H and O–H groups in total. The van der Waals surface area contributed by atoms with Crippen LogP contribution in [-0.4, -0.2) is 22.1 Å². The van der Waals surface area contributed by atoms with Crippen molar-refractivity contribution in [3.8, 4) is 28.9 Å². The van der Waals surface area contributed by atoms with E-state index in [0.29, 0.717) is 0 Å². The summed E-state index contributed by atoms with van der Waals surface area (Å²) < 4.78 is 50.6. The van der Waals surface area contributed by atoms with E-state index < -0.39 is 29.0 Å². The highest BCUT2D eigenvalue weighted by Gasteiger charge is 2.39. The van der Waals surface area contributed by atoms with Gasteiger partial charge in [-0.15, -0.1) is 0 Å². The van der Waals surface area contributed by atoms with E-state index in [4.69, 9.17) is 32.7 Å². The number of H-pyrrole nitrogens is 1. The second-order valence-corrected chi connectivity index (χ2v) is 6.15. The Kier molecular flexibility index (Phi) is 5.48. The zero-order valence-corrected chi connectivity index (χ0v) is 15.5. The molecule has 1 aromatic carbocycles. The van der Waals surface area contributed by atoms with Crippen molar-refractivity contribution in [1.29, 1.82) is 0 Å².